The number of fused-ring (bicyclic) bond motifs is 1. The topological polar surface area (TPSA) is 118 Å². The maximum atomic E-state index is 15.4. The molecule has 4 atom stereocenters. The van der Waals surface area contributed by atoms with E-state index in [9.17, 15) is 10.2 Å². The molecule has 0 bridgehead atoms. The van der Waals surface area contributed by atoms with Crippen LogP contribution in [0.1, 0.15) is 25.8 Å². The van der Waals surface area contributed by atoms with Gasteiger partial charge in [-0.05, 0) is 26.0 Å². The van der Waals surface area contributed by atoms with Crippen molar-refractivity contribution in [2.45, 2.75) is 44.0 Å². The summed E-state index contributed by atoms with van der Waals surface area (Å²) in [4.78, 5) is 12.7. The molecule has 0 radical (unpaired) electrons. The Bertz CT molecular complexity index is 940. The predicted molar refractivity (Wildman–Crippen MR) is 92.5 cm³/mol. The van der Waals surface area contributed by atoms with E-state index in [2.05, 4.69) is 20.3 Å². The first-order chi connectivity index (χ1) is 12.9. The highest BCUT2D eigenvalue weighted by Crippen LogP contribution is 2.48. The number of imidazole rings is 1. The number of ether oxygens (including phenoxy) is 1. The zero-order valence-corrected chi connectivity index (χ0v) is 14.8. The minimum absolute atomic E-state index is 0.343. The minimum atomic E-state index is -2.18. The first-order valence-electron chi connectivity index (χ1n) is 8.47. The third kappa shape index (κ3) is 2.68. The van der Waals surface area contributed by atoms with Gasteiger partial charge in [0.15, 0.2) is 28.9 Å². The van der Waals surface area contributed by atoms with E-state index in [0.29, 0.717) is 23.5 Å². The normalized spacial score (nSPS) is 30.9. The van der Waals surface area contributed by atoms with Crippen molar-refractivity contribution in [1.29, 1.82) is 0 Å². The number of hydrogen-bond donors (Lipinski definition) is 3. The molecule has 0 aliphatic carbocycles. The number of aromatic nitrogens is 4. The number of aliphatic hydroxyl groups excluding tert-OH is 1. The average Bonchev–Trinajstić information content (AvgIpc) is 3.33. The number of furan rings is 1. The summed E-state index contributed by atoms with van der Waals surface area (Å²) in [7, 11) is 0. The molecule has 0 aromatic carbocycles. The van der Waals surface area contributed by atoms with Crippen molar-refractivity contribution in [3.63, 3.8) is 0 Å². The van der Waals surface area contributed by atoms with E-state index in [1.165, 1.54) is 31.1 Å². The van der Waals surface area contributed by atoms with Crippen LogP contribution in [0, 0.1) is 0 Å². The fourth-order valence-electron chi connectivity index (χ4n) is 3.27. The van der Waals surface area contributed by atoms with Gasteiger partial charge in [-0.1, -0.05) is 0 Å². The second-order valence-corrected chi connectivity index (χ2v) is 6.86. The Hall–Kier alpha value is -2.56. The number of anilines is 1. The van der Waals surface area contributed by atoms with Crippen LogP contribution >= 0.6 is 0 Å². The number of nitrogens with zero attached hydrogens (tertiary/aromatic N) is 4. The molecule has 3 aromatic heterocycles. The van der Waals surface area contributed by atoms with Crippen LogP contribution in [0.5, 0.6) is 0 Å². The van der Waals surface area contributed by atoms with Crippen LogP contribution in [0.15, 0.2) is 35.5 Å². The van der Waals surface area contributed by atoms with Gasteiger partial charge in [0, 0.05) is 0 Å². The molecule has 1 aliphatic rings. The number of halogens is 1. The van der Waals surface area contributed by atoms with Crippen LogP contribution in [0.25, 0.3) is 11.2 Å². The van der Waals surface area contributed by atoms with Crippen molar-refractivity contribution in [3.05, 3.63) is 36.8 Å². The molecule has 1 aliphatic heterocycles. The van der Waals surface area contributed by atoms with Crippen molar-refractivity contribution in [3.8, 4) is 0 Å². The van der Waals surface area contributed by atoms with Gasteiger partial charge >= 0.3 is 0 Å². The van der Waals surface area contributed by atoms with Gasteiger partial charge in [0.1, 0.15) is 23.8 Å². The van der Waals surface area contributed by atoms with E-state index in [4.69, 9.17) is 9.15 Å². The maximum Gasteiger partial charge on any atom is 0.183 e. The smallest absolute Gasteiger partial charge is 0.183 e. The second kappa shape index (κ2) is 6.25. The minimum Gasteiger partial charge on any atom is -0.467 e. The van der Waals surface area contributed by atoms with Gasteiger partial charge < -0.3 is 24.7 Å². The molecule has 1 fully saturated rings. The monoisotopic (exact) mass is 377 g/mol. The van der Waals surface area contributed by atoms with Gasteiger partial charge in [-0.3, -0.25) is 4.57 Å². The van der Waals surface area contributed by atoms with E-state index >= 15 is 4.39 Å². The maximum absolute atomic E-state index is 15.4. The molecule has 0 amide bonds. The molecule has 144 valence electrons. The van der Waals surface area contributed by atoms with Crippen LogP contribution < -0.4 is 5.32 Å². The van der Waals surface area contributed by atoms with Gasteiger partial charge in [0.2, 0.25) is 0 Å². The fourth-order valence-corrected chi connectivity index (χ4v) is 3.27. The third-order valence-corrected chi connectivity index (χ3v) is 5.16. The van der Waals surface area contributed by atoms with Crippen molar-refractivity contribution in [2.75, 3.05) is 11.9 Å². The van der Waals surface area contributed by atoms with Crippen molar-refractivity contribution < 1.29 is 23.8 Å². The summed E-state index contributed by atoms with van der Waals surface area (Å²) >= 11 is 0. The molecule has 3 aromatic rings. The molecule has 27 heavy (non-hydrogen) atoms. The summed E-state index contributed by atoms with van der Waals surface area (Å²) in [6.07, 6.45) is 2.01. The lowest BCUT2D eigenvalue weighted by atomic mass is 9.85. The first-order valence-corrected chi connectivity index (χ1v) is 8.47. The molecular weight excluding hydrogens is 357 g/mol. The van der Waals surface area contributed by atoms with E-state index in [1.807, 2.05) is 6.07 Å². The zero-order chi connectivity index (χ0) is 19.2. The van der Waals surface area contributed by atoms with E-state index in [0.717, 1.165) is 5.76 Å². The first kappa shape index (κ1) is 17.8. The lowest BCUT2D eigenvalue weighted by Gasteiger charge is -2.32. The predicted octanol–water partition coefficient (Wildman–Crippen LogP) is 1.40. The van der Waals surface area contributed by atoms with Gasteiger partial charge in [0.25, 0.3) is 0 Å². The van der Waals surface area contributed by atoms with Crippen LogP contribution in [0.2, 0.25) is 0 Å². The van der Waals surface area contributed by atoms with Gasteiger partial charge in [-0.25, -0.2) is 19.3 Å². The molecule has 1 saturated heterocycles. The molecule has 4 heterocycles. The third-order valence-electron chi connectivity index (χ3n) is 5.16. The molecule has 3 N–H and O–H groups in total. The quantitative estimate of drug-likeness (QED) is 0.611. The summed E-state index contributed by atoms with van der Waals surface area (Å²) in [5.41, 5.74) is -3.29. The molecule has 9 nitrogen and oxygen atoms in total. The Morgan fingerprint density at radius 2 is 2.15 bits per heavy atom. The summed E-state index contributed by atoms with van der Waals surface area (Å²) in [6, 6.07) is 3.60. The number of rotatable bonds is 5. The number of nitrogens with one attached hydrogen (secondary N) is 1. The largest absolute Gasteiger partial charge is 0.467 e. The molecule has 4 rings (SSSR count). The molecule has 10 heteroatoms. The Labute approximate surface area is 153 Å². The molecular formula is C17H20FN5O4. The number of aliphatic hydroxyl groups is 2. The standard InChI is InChI=1S/C17H20FN5O4/c1-16(18)15(27-11(7-24)17(16,2)25)23-9-22-12-13(20-8-21-14(12)23)19-6-10-4-3-5-26-10/h3-5,8-9,11,15,24-25H,6-7H2,1-2H3,(H,19,20,21)/t11-,15?,16+,17?/m1/s1. The summed E-state index contributed by atoms with van der Waals surface area (Å²) in [6.45, 7) is 2.42. The Morgan fingerprint density at radius 3 is 2.81 bits per heavy atom. The summed E-state index contributed by atoms with van der Waals surface area (Å²) < 4.78 is 27.7. The van der Waals surface area contributed by atoms with E-state index in [-0.39, 0.29) is 0 Å². The molecule has 2 unspecified atom stereocenters. The molecule has 0 saturated carbocycles. The highest BCUT2D eigenvalue weighted by Gasteiger charge is 2.63. The van der Waals surface area contributed by atoms with Gasteiger partial charge in [-0.2, -0.15) is 0 Å². The van der Waals surface area contributed by atoms with Crippen molar-refractivity contribution in [2.24, 2.45) is 0 Å². The summed E-state index contributed by atoms with van der Waals surface area (Å²) in [5, 5.41) is 23.1. The lowest BCUT2D eigenvalue weighted by Crippen LogP contribution is -2.51. The van der Waals surface area contributed by atoms with Gasteiger partial charge in [-0.15, -0.1) is 0 Å². The van der Waals surface area contributed by atoms with Crippen molar-refractivity contribution >= 4 is 17.0 Å². The van der Waals surface area contributed by atoms with E-state index < -0.39 is 30.2 Å². The average molecular weight is 377 g/mol. The second-order valence-electron chi connectivity index (χ2n) is 6.86. The highest BCUT2D eigenvalue weighted by atomic mass is 19.1. The van der Waals surface area contributed by atoms with Crippen LogP contribution in [0.4, 0.5) is 10.2 Å². The number of hydrogen-bond acceptors (Lipinski definition) is 8. The SMILES string of the molecule is CC1(O)[C@@H](CO)OC(n2cnc3c(NCc4ccco4)ncnc32)[C@]1(C)F. The van der Waals surface area contributed by atoms with Crippen LogP contribution in [0.3, 0.4) is 0 Å². The lowest BCUT2D eigenvalue weighted by molar-refractivity contribution is -0.0891. The Kier molecular flexibility index (Phi) is 4.13. The summed E-state index contributed by atoms with van der Waals surface area (Å²) in [5.74, 6) is 1.18. The van der Waals surface area contributed by atoms with Crippen molar-refractivity contribution in [1.82, 2.24) is 19.5 Å². The zero-order valence-electron chi connectivity index (χ0n) is 14.8. The highest BCUT2D eigenvalue weighted by molar-refractivity contribution is 5.82. The van der Waals surface area contributed by atoms with Crippen LogP contribution in [-0.4, -0.2) is 53.7 Å². The van der Waals surface area contributed by atoms with Gasteiger partial charge in [0.05, 0.1) is 25.7 Å². The fraction of sp³-hybridized carbons (Fsp3) is 0.471. The number of alkyl halides is 1. The molecule has 0 spiro atoms. The van der Waals surface area contributed by atoms with E-state index in [1.54, 1.807) is 12.3 Å². The van der Waals surface area contributed by atoms with Crippen LogP contribution in [-0.2, 0) is 11.3 Å². The Balaban J connectivity index is 1.69. The Morgan fingerprint density at radius 1 is 1.33 bits per heavy atom.